The highest BCUT2D eigenvalue weighted by Gasteiger charge is 2.44. The second-order valence-corrected chi connectivity index (χ2v) is 7.99. The highest BCUT2D eigenvalue weighted by atomic mass is 79.9. The van der Waals surface area contributed by atoms with E-state index in [0.717, 1.165) is 34.1 Å². The molecule has 0 saturated carbocycles. The molecule has 3 rings (SSSR count). The number of aromatic nitrogens is 2. The van der Waals surface area contributed by atoms with Gasteiger partial charge in [-0.2, -0.15) is 13.9 Å². The summed E-state index contributed by atoms with van der Waals surface area (Å²) in [6, 6.07) is 10.3. The molecule has 1 heterocycles. The summed E-state index contributed by atoms with van der Waals surface area (Å²) in [6.07, 6.45) is -3.75. The first-order valence-corrected chi connectivity index (χ1v) is 10.3. The Balaban J connectivity index is 2.04. The van der Waals surface area contributed by atoms with Crippen molar-refractivity contribution in [3.63, 3.8) is 0 Å². The molecule has 0 amide bonds. The third-order valence-electron chi connectivity index (χ3n) is 4.77. The highest BCUT2D eigenvalue weighted by molar-refractivity contribution is 9.10. The fourth-order valence-electron chi connectivity index (χ4n) is 3.18. The molecule has 0 spiro atoms. The van der Waals surface area contributed by atoms with Crippen molar-refractivity contribution in [2.45, 2.75) is 12.3 Å². The number of hydrogen-bond acceptors (Lipinski definition) is 6. The average Bonchev–Trinajstić information content (AvgIpc) is 3.16. The second-order valence-electron chi connectivity index (χ2n) is 7.07. The molecule has 0 aliphatic rings. The van der Waals surface area contributed by atoms with E-state index < -0.39 is 29.7 Å². The number of benzene rings is 2. The van der Waals surface area contributed by atoms with Crippen molar-refractivity contribution >= 4 is 33.3 Å². The third kappa shape index (κ3) is 5.54. The van der Waals surface area contributed by atoms with Gasteiger partial charge in [0.05, 0.1) is 17.1 Å². The molecule has 0 atom stereocenters. The standard InChI is InChI=1S/C21H17BrF5N5O3/c1-31-15(9-18(30-31)20(23,24)19(33)34)14-7-4-12(22)8-16(14)32(29)17(10-28)11-2-5-13(6-3-11)35-21(25,26)27/h2-10H,28-29H2,1H3,(H,33,34)/b17-10-. The van der Waals surface area contributed by atoms with Crippen LogP contribution >= 0.6 is 15.9 Å². The van der Waals surface area contributed by atoms with Crippen molar-refractivity contribution in [2.75, 3.05) is 5.01 Å². The summed E-state index contributed by atoms with van der Waals surface area (Å²) in [5, 5.41) is 13.6. The maximum Gasteiger partial charge on any atom is 0.573 e. The lowest BCUT2D eigenvalue weighted by molar-refractivity contribution is -0.274. The van der Waals surface area contributed by atoms with Crippen LogP contribution in [0.5, 0.6) is 5.75 Å². The van der Waals surface area contributed by atoms with Crippen molar-refractivity contribution < 1.29 is 36.6 Å². The lowest BCUT2D eigenvalue weighted by Crippen LogP contribution is -2.30. The Hall–Kier alpha value is -3.65. The zero-order valence-electron chi connectivity index (χ0n) is 17.7. The molecule has 0 aliphatic heterocycles. The van der Waals surface area contributed by atoms with Gasteiger partial charge in [-0.1, -0.05) is 15.9 Å². The van der Waals surface area contributed by atoms with Crippen LogP contribution in [-0.4, -0.2) is 27.2 Å². The number of carboxylic acid groups (broad SMARTS) is 1. The van der Waals surface area contributed by atoms with E-state index in [1.165, 1.54) is 25.2 Å². The fraction of sp³-hybridized carbons (Fsp3) is 0.143. The molecule has 3 aromatic rings. The fourth-order valence-corrected chi connectivity index (χ4v) is 3.52. The van der Waals surface area contributed by atoms with Crippen LogP contribution in [0.4, 0.5) is 27.6 Å². The van der Waals surface area contributed by atoms with Crippen LogP contribution < -0.4 is 21.3 Å². The monoisotopic (exact) mass is 561 g/mol. The number of aryl methyl sites for hydroxylation is 1. The topological polar surface area (TPSA) is 120 Å². The molecular weight excluding hydrogens is 545 g/mol. The first-order chi connectivity index (χ1) is 16.2. The van der Waals surface area contributed by atoms with Crippen molar-refractivity contribution in [1.82, 2.24) is 9.78 Å². The molecule has 5 N–H and O–H groups in total. The van der Waals surface area contributed by atoms with Gasteiger partial charge >= 0.3 is 18.3 Å². The van der Waals surface area contributed by atoms with Crippen LogP contribution in [-0.2, 0) is 17.8 Å². The smallest absolute Gasteiger partial charge is 0.476 e. The zero-order valence-corrected chi connectivity index (χ0v) is 19.3. The maximum atomic E-state index is 14.0. The molecule has 0 fully saturated rings. The average molecular weight is 562 g/mol. The van der Waals surface area contributed by atoms with E-state index in [9.17, 15) is 26.7 Å². The largest absolute Gasteiger partial charge is 0.573 e. The van der Waals surface area contributed by atoms with Crippen LogP contribution in [0.2, 0.25) is 0 Å². The SMILES string of the molecule is Cn1nc(C(F)(F)C(=O)O)cc1-c1ccc(Br)cc1N(N)/C(=C\N)c1ccc(OC(F)(F)F)cc1. The lowest BCUT2D eigenvalue weighted by Gasteiger charge is -2.25. The molecule has 0 saturated heterocycles. The van der Waals surface area contributed by atoms with Crippen LogP contribution in [0.3, 0.4) is 0 Å². The van der Waals surface area contributed by atoms with E-state index in [1.54, 1.807) is 12.1 Å². The zero-order chi connectivity index (χ0) is 26.1. The van der Waals surface area contributed by atoms with Gasteiger partial charge in [0.1, 0.15) is 11.4 Å². The van der Waals surface area contributed by atoms with Gasteiger partial charge in [0.15, 0.2) is 0 Å². The first-order valence-electron chi connectivity index (χ1n) is 9.53. The van der Waals surface area contributed by atoms with E-state index in [2.05, 4.69) is 25.8 Å². The minimum absolute atomic E-state index is 0.115. The quantitative estimate of drug-likeness (QED) is 0.220. The normalized spacial score (nSPS) is 12.5. The Morgan fingerprint density at radius 1 is 1.14 bits per heavy atom. The number of halogens is 6. The second kappa shape index (κ2) is 9.54. The number of carboxylic acids is 1. The minimum Gasteiger partial charge on any atom is -0.476 e. The summed E-state index contributed by atoms with van der Waals surface area (Å²) in [4.78, 5) is 11.0. The molecule has 14 heteroatoms. The van der Waals surface area contributed by atoms with Gasteiger partial charge < -0.3 is 15.6 Å². The number of nitrogens with zero attached hydrogens (tertiary/aromatic N) is 3. The number of ether oxygens (including phenoxy) is 1. The van der Waals surface area contributed by atoms with Gasteiger partial charge in [-0.05, 0) is 48.5 Å². The van der Waals surface area contributed by atoms with Crippen molar-refractivity contribution in [3.8, 4) is 17.0 Å². The summed E-state index contributed by atoms with van der Waals surface area (Å²) in [6.45, 7) is 0. The van der Waals surface area contributed by atoms with E-state index in [0.29, 0.717) is 10.0 Å². The summed E-state index contributed by atoms with van der Waals surface area (Å²) in [5.41, 5.74) is 5.88. The number of hydrazine groups is 1. The predicted molar refractivity (Wildman–Crippen MR) is 120 cm³/mol. The van der Waals surface area contributed by atoms with Crippen LogP contribution in [0, 0.1) is 0 Å². The number of carbonyl (C=O) groups is 1. The molecule has 0 bridgehead atoms. The molecule has 35 heavy (non-hydrogen) atoms. The molecule has 1 aromatic heterocycles. The van der Waals surface area contributed by atoms with Crippen LogP contribution in [0.25, 0.3) is 17.0 Å². The van der Waals surface area contributed by atoms with Gasteiger partial charge in [-0.15, -0.1) is 13.2 Å². The number of alkyl halides is 5. The van der Waals surface area contributed by atoms with Crippen molar-refractivity contribution in [1.29, 1.82) is 0 Å². The van der Waals surface area contributed by atoms with Gasteiger partial charge in [-0.25, -0.2) is 10.6 Å². The number of hydrogen-bond donors (Lipinski definition) is 3. The van der Waals surface area contributed by atoms with Crippen LogP contribution in [0.15, 0.2) is 59.2 Å². The molecule has 8 nitrogen and oxygen atoms in total. The van der Waals surface area contributed by atoms with Gasteiger partial charge in [0.2, 0.25) is 0 Å². The predicted octanol–water partition coefficient (Wildman–Crippen LogP) is 4.56. The van der Waals surface area contributed by atoms with Gasteiger partial charge in [0, 0.05) is 28.8 Å². The van der Waals surface area contributed by atoms with E-state index in [1.807, 2.05) is 0 Å². The summed E-state index contributed by atoms with van der Waals surface area (Å²) >= 11 is 3.30. The Morgan fingerprint density at radius 3 is 2.31 bits per heavy atom. The van der Waals surface area contributed by atoms with Crippen LogP contribution in [0.1, 0.15) is 11.3 Å². The number of aliphatic carboxylic acids is 1. The highest BCUT2D eigenvalue weighted by Crippen LogP contribution is 2.38. The number of rotatable bonds is 7. The molecule has 0 aliphatic carbocycles. The van der Waals surface area contributed by atoms with E-state index in [-0.39, 0.29) is 22.6 Å². The van der Waals surface area contributed by atoms with Crippen molar-refractivity contribution in [3.05, 3.63) is 70.5 Å². The molecule has 0 unspecified atom stereocenters. The van der Waals surface area contributed by atoms with Crippen molar-refractivity contribution in [2.24, 2.45) is 18.6 Å². The first kappa shape index (κ1) is 26.0. The van der Waals surface area contributed by atoms with E-state index >= 15 is 0 Å². The van der Waals surface area contributed by atoms with Gasteiger partial charge in [-0.3, -0.25) is 9.69 Å². The Bertz CT molecular complexity index is 1280. The van der Waals surface area contributed by atoms with E-state index in [4.69, 9.17) is 16.7 Å². The minimum atomic E-state index is -4.86. The number of nitrogens with two attached hydrogens (primary N) is 2. The third-order valence-corrected chi connectivity index (χ3v) is 5.26. The maximum absolute atomic E-state index is 14.0. The molecule has 186 valence electrons. The Morgan fingerprint density at radius 2 is 1.77 bits per heavy atom. The van der Waals surface area contributed by atoms with Gasteiger partial charge in [0.25, 0.3) is 0 Å². The molecular formula is C21H17BrF5N5O3. The summed E-state index contributed by atoms with van der Waals surface area (Å²) in [7, 11) is 1.35. The lowest BCUT2D eigenvalue weighted by atomic mass is 10.1. The molecule has 2 aromatic carbocycles. The molecule has 0 radical (unpaired) electrons. The summed E-state index contributed by atoms with van der Waals surface area (Å²) < 4.78 is 70.8. The number of anilines is 1. The Labute approximate surface area is 203 Å². The summed E-state index contributed by atoms with van der Waals surface area (Å²) in [5.74, 6) is -0.734. The Kier molecular flexibility index (Phi) is 7.08.